The number of hydrogen-bond acceptors (Lipinski definition) is 9. The number of aliphatic hydroxyl groups excluding tert-OH is 1. The van der Waals surface area contributed by atoms with E-state index in [1.807, 2.05) is 36.4 Å². The molecule has 3 aliphatic heterocycles. The first kappa shape index (κ1) is 23.4. The Kier molecular flexibility index (Phi) is 6.52. The van der Waals surface area contributed by atoms with Gasteiger partial charge in [0.2, 0.25) is 12.2 Å². The highest BCUT2D eigenvalue weighted by Gasteiger charge is 2.43. The van der Waals surface area contributed by atoms with Gasteiger partial charge in [-0.15, -0.1) is 11.3 Å². The second-order valence-electron chi connectivity index (χ2n) is 8.47. The van der Waals surface area contributed by atoms with Crippen LogP contribution in [0.1, 0.15) is 22.5 Å². The highest BCUT2D eigenvalue weighted by molar-refractivity contribution is 7.20. The van der Waals surface area contributed by atoms with Crippen molar-refractivity contribution in [3.8, 4) is 0 Å². The summed E-state index contributed by atoms with van der Waals surface area (Å²) in [5.74, 6) is -2.04. The summed E-state index contributed by atoms with van der Waals surface area (Å²) in [6, 6.07) is 6.55. The minimum absolute atomic E-state index is 0.0770. The SMILES string of the molecule is O=C1CC(NC(=O)[C@@H]2COCN3CC=CC[C@H](NC(=O)c4cc5ccccc5s4)C(=O)N23)C(O)O1. The molecule has 1 aromatic carbocycles. The molecule has 2 unspecified atom stereocenters. The lowest BCUT2D eigenvalue weighted by molar-refractivity contribution is -0.201. The molecule has 4 heterocycles. The zero-order chi connectivity index (χ0) is 24.5. The molecular weight excluding hydrogens is 476 g/mol. The standard InChI is InChI=1S/C23H24N4O7S/c28-19-10-15(23(32)34-19)25-20(29)16-11-33-12-26-8-4-3-6-14(22(31)27(16)26)24-21(30)18-9-13-5-1-2-7-17(13)35-18/h1-5,7,9,14-16,23,32H,6,8,10-12H2,(H,24,30)(H,25,29)/t14-,15?,16-,23?/m0/s1. The van der Waals surface area contributed by atoms with Crippen LogP contribution >= 0.6 is 11.3 Å². The molecule has 2 aromatic rings. The molecule has 0 saturated carbocycles. The van der Waals surface area contributed by atoms with E-state index in [1.165, 1.54) is 16.3 Å². The second-order valence-corrected chi connectivity index (χ2v) is 9.55. The summed E-state index contributed by atoms with van der Waals surface area (Å²) in [4.78, 5) is 51.6. The molecule has 12 heteroatoms. The number of aliphatic hydroxyl groups is 1. The molecule has 3 N–H and O–H groups in total. The first-order chi connectivity index (χ1) is 16.9. The van der Waals surface area contributed by atoms with Gasteiger partial charge < -0.3 is 25.2 Å². The average molecular weight is 501 g/mol. The van der Waals surface area contributed by atoms with Crippen molar-refractivity contribution in [2.45, 2.75) is 37.3 Å². The van der Waals surface area contributed by atoms with E-state index in [1.54, 1.807) is 11.1 Å². The van der Waals surface area contributed by atoms with Crippen molar-refractivity contribution in [2.24, 2.45) is 0 Å². The smallest absolute Gasteiger partial charge is 0.310 e. The van der Waals surface area contributed by atoms with Crippen LogP contribution in [0.2, 0.25) is 0 Å². The molecule has 0 bridgehead atoms. The van der Waals surface area contributed by atoms with Crippen molar-refractivity contribution in [1.29, 1.82) is 0 Å². The normalized spacial score (nSPS) is 27.2. The third kappa shape index (κ3) is 4.78. The summed E-state index contributed by atoms with van der Waals surface area (Å²) < 4.78 is 11.2. The fraction of sp³-hybridized carbons (Fsp3) is 0.391. The predicted molar refractivity (Wildman–Crippen MR) is 124 cm³/mol. The molecule has 2 saturated heterocycles. The lowest BCUT2D eigenvalue weighted by Gasteiger charge is -2.44. The molecule has 0 spiro atoms. The Balaban J connectivity index is 1.34. The molecular formula is C23H24N4O7S. The van der Waals surface area contributed by atoms with E-state index >= 15 is 0 Å². The lowest BCUT2D eigenvalue weighted by atomic mass is 10.1. The fourth-order valence-corrected chi connectivity index (χ4v) is 5.27. The van der Waals surface area contributed by atoms with Crippen molar-refractivity contribution < 1.29 is 33.8 Å². The Morgan fingerprint density at radius 1 is 1.14 bits per heavy atom. The van der Waals surface area contributed by atoms with Gasteiger partial charge in [0, 0.05) is 11.2 Å². The van der Waals surface area contributed by atoms with Crippen LogP contribution < -0.4 is 10.6 Å². The van der Waals surface area contributed by atoms with Crippen LogP contribution in [0.5, 0.6) is 0 Å². The van der Waals surface area contributed by atoms with Crippen molar-refractivity contribution in [1.82, 2.24) is 20.7 Å². The van der Waals surface area contributed by atoms with Crippen LogP contribution in [0.4, 0.5) is 0 Å². The van der Waals surface area contributed by atoms with Gasteiger partial charge in [0.05, 0.1) is 17.9 Å². The van der Waals surface area contributed by atoms with E-state index < -0.39 is 42.2 Å². The van der Waals surface area contributed by atoms with E-state index in [0.717, 1.165) is 10.1 Å². The molecule has 1 aromatic heterocycles. The summed E-state index contributed by atoms with van der Waals surface area (Å²) in [5, 5.41) is 19.1. The molecule has 11 nitrogen and oxygen atoms in total. The number of cyclic esters (lactones) is 1. The number of esters is 1. The first-order valence-electron chi connectivity index (χ1n) is 11.2. The number of nitrogens with zero attached hydrogens (tertiary/aromatic N) is 2. The number of fused-ring (bicyclic) bond motifs is 2. The van der Waals surface area contributed by atoms with Gasteiger partial charge in [-0.3, -0.25) is 24.2 Å². The van der Waals surface area contributed by atoms with E-state index in [0.29, 0.717) is 11.4 Å². The average Bonchev–Trinajstić information content (AvgIpc) is 3.41. The van der Waals surface area contributed by atoms with Crippen molar-refractivity contribution in [2.75, 3.05) is 19.9 Å². The van der Waals surface area contributed by atoms with E-state index in [2.05, 4.69) is 15.4 Å². The first-order valence-corrected chi connectivity index (χ1v) is 12.0. The zero-order valence-corrected chi connectivity index (χ0v) is 19.4. The number of amides is 3. The minimum Gasteiger partial charge on any atom is -0.434 e. The molecule has 3 aliphatic rings. The van der Waals surface area contributed by atoms with Gasteiger partial charge >= 0.3 is 5.97 Å². The monoisotopic (exact) mass is 500 g/mol. The molecule has 3 amide bonds. The van der Waals surface area contributed by atoms with E-state index in [-0.39, 0.29) is 32.1 Å². The second kappa shape index (κ2) is 9.74. The third-order valence-electron chi connectivity index (χ3n) is 6.06. The summed E-state index contributed by atoms with van der Waals surface area (Å²) >= 11 is 1.34. The van der Waals surface area contributed by atoms with Crippen LogP contribution in [0.25, 0.3) is 10.1 Å². The van der Waals surface area contributed by atoms with Crippen molar-refractivity contribution >= 4 is 45.1 Å². The van der Waals surface area contributed by atoms with Crippen molar-refractivity contribution in [3.05, 3.63) is 47.4 Å². The molecule has 35 heavy (non-hydrogen) atoms. The maximum atomic E-state index is 13.6. The zero-order valence-electron chi connectivity index (χ0n) is 18.6. The summed E-state index contributed by atoms with van der Waals surface area (Å²) in [7, 11) is 0. The van der Waals surface area contributed by atoms with Gasteiger partial charge in [-0.1, -0.05) is 30.4 Å². The maximum Gasteiger partial charge on any atom is 0.310 e. The summed E-state index contributed by atoms with van der Waals surface area (Å²) in [6.45, 7) is 0.344. The fourth-order valence-electron chi connectivity index (χ4n) is 4.30. The van der Waals surface area contributed by atoms with Crippen LogP contribution in [-0.4, -0.2) is 83.1 Å². The number of thiophene rings is 1. The maximum absolute atomic E-state index is 13.6. The Labute approximate surface area is 204 Å². The van der Waals surface area contributed by atoms with Gasteiger partial charge in [-0.05, 0) is 23.9 Å². The summed E-state index contributed by atoms with van der Waals surface area (Å²) in [5.41, 5.74) is 0. The van der Waals surface area contributed by atoms with Crippen LogP contribution in [-0.2, 0) is 23.9 Å². The highest BCUT2D eigenvalue weighted by atomic mass is 32.1. The number of nitrogens with one attached hydrogen (secondary N) is 2. The Morgan fingerprint density at radius 2 is 1.97 bits per heavy atom. The predicted octanol–water partition coefficient (Wildman–Crippen LogP) is 0.112. The van der Waals surface area contributed by atoms with Gasteiger partial charge in [0.1, 0.15) is 18.8 Å². The molecule has 4 atom stereocenters. The molecule has 0 aliphatic carbocycles. The van der Waals surface area contributed by atoms with Crippen molar-refractivity contribution in [3.63, 3.8) is 0 Å². The number of carbonyl (C=O) groups excluding carboxylic acids is 4. The van der Waals surface area contributed by atoms with E-state index in [4.69, 9.17) is 4.74 Å². The van der Waals surface area contributed by atoms with Gasteiger partial charge in [-0.2, -0.15) is 5.01 Å². The number of carbonyl (C=O) groups is 4. The van der Waals surface area contributed by atoms with E-state index in [9.17, 15) is 24.3 Å². The number of hydrogen-bond donors (Lipinski definition) is 3. The number of ether oxygens (including phenoxy) is 2. The van der Waals surface area contributed by atoms with Crippen LogP contribution in [0.3, 0.4) is 0 Å². The molecule has 2 fully saturated rings. The highest BCUT2D eigenvalue weighted by Crippen LogP contribution is 2.26. The van der Waals surface area contributed by atoms with Gasteiger partial charge in [-0.25, -0.2) is 0 Å². The Hall–Kier alpha value is -3.32. The molecule has 5 rings (SSSR count). The third-order valence-corrected chi connectivity index (χ3v) is 7.18. The minimum atomic E-state index is -1.45. The number of hydrazine groups is 1. The number of benzene rings is 1. The van der Waals surface area contributed by atoms with Gasteiger partial charge in [0.15, 0.2) is 6.04 Å². The van der Waals surface area contributed by atoms with Gasteiger partial charge in [0.25, 0.3) is 11.8 Å². The molecule has 0 radical (unpaired) electrons. The Morgan fingerprint density at radius 3 is 2.74 bits per heavy atom. The quantitative estimate of drug-likeness (QED) is 0.398. The largest absolute Gasteiger partial charge is 0.434 e. The van der Waals surface area contributed by atoms with Crippen LogP contribution in [0.15, 0.2) is 42.5 Å². The lowest BCUT2D eigenvalue weighted by Crippen LogP contribution is -2.67. The van der Waals surface area contributed by atoms with Crippen LogP contribution in [0, 0.1) is 0 Å². The Bertz CT molecular complexity index is 1160. The topological polar surface area (TPSA) is 138 Å². The number of rotatable bonds is 4. The molecule has 184 valence electrons. The summed E-state index contributed by atoms with van der Waals surface area (Å²) in [6.07, 6.45) is 2.29.